The maximum Gasteiger partial charge on any atom is 0.227 e. The van der Waals surface area contributed by atoms with E-state index in [0.29, 0.717) is 11.9 Å². The van der Waals surface area contributed by atoms with Gasteiger partial charge in [0.2, 0.25) is 5.91 Å². The van der Waals surface area contributed by atoms with E-state index in [2.05, 4.69) is 18.9 Å². The van der Waals surface area contributed by atoms with Crippen molar-refractivity contribution in [3.8, 4) is 0 Å². The highest BCUT2D eigenvalue weighted by Gasteiger charge is 2.34. The number of carbonyl (C=O) groups is 1. The predicted octanol–water partition coefficient (Wildman–Crippen LogP) is 0.276. The lowest BCUT2D eigenvalue weighted by Gasteiger charge is -2.37. The summed E-state index contributed by atoms with van der Waals surface area (Å²) in [5, 5.41) is 0. The molecule has 0 spiro atoms. The Morgan fingerprint density at radius 2 is 2.06 bits per heavy atom. The number of rotatable bonds is 1. The van der Waals surface area contributed by atoms with E-state index < -0.39 is 0 Å². The van der Waals surface area contributed by atoms with Gasteiger partial charge >= 0.3 is 0 Å². The van der Waals surface area contributed by atoms with Gasteiger partial charge < -0.3 is 15.5 Å². The molecule has 0 aromatic rings. The molecule has 0 radical (unpaired) electrons. The first-order valence-corrected chi connectivity index (χ1v) is 6.32. The quantitative estimate of drug-likeness (QED) is 0.697. The first-order valence-electron chi connectivity index (χ1n) is 6.32. The second-order valence-corrected chi connectivity index (χ2v) is 5.41. The minimum atomic E-state index is 0.224. The molecule has 1 amide bonds. The molecule has 2 fully saturated rings. The summed E-state index contributed by atoms with van der Waals surface area (Å²) in [4.78, 5) is 16.6. The van der Waals surface area contributed by atoms with Crippen LogP contribution >= 0.6 is 0 Å². The van der Waals surface area contributed by atoms with Gasteiger partial charge in [0, 0.05) is 25.2 Å². The van der Waals surface area contributed by atoms with Gasteiger partial charge in [-0.1, -0.05) is 0 Å². The molecule has 4 nitrogen and oxygen atoms in total. The Hall–Kier alpha value is -0.610. The van der Waals surface area contributed by atoms with Crippen LogP contribution in [0.25, 0.3) is 0 Å². The molecule has 2 N–H and O–H groups in total. The summed E-state index contributed by atoms with van der Waals surface area (Å²) in [5.41, 5.74) is 5.92. The lowest BCUT2D eigenvalue weighted by atomic mass is 9.96. The van der Waals surface area contributed by atoms with Gasteiger partial charge in [-0.3, -0.25) is 4.79 Å². The van der Waals surface area contributed by atoms with Crippen LogP contribution in [0.4, 0.5) is 0 Å². The molecule has 16 heavy (non-hydrogen) atoms. The number of nitrogens with two attached hydrogens (primary N) is 1. The number of amides is 1. The number of piperidine rings is 1. The molecule has 2 rings (SSSR count). The largest absolute Gasteiger partial charge is 0.340 e. The average molecular weight is 225 g/mol. The summed E-state index contributed by atoms with van der Waals surface area (Å²) in [6.07, 6.45) is 2.93. The Bertz CT molecular complexity index is 269. The summed E-state index contributed by atoms with van der Waals surface area (Å²) < 4.78 is 0. The number of carbonyl (C=O) groups excluding carboxylic acids is 1. The van der Waals surface area contributed by atoms with E-state index in [-0.39, 0.29) is 12.0 Å². The third-order valence-electron chi connectivity index (χ3n) is 3.94. The van der Waals surface area contributed by atoms with Gasteiger partial charge in [0.25, 0.3) is 0 Å². The molecule has 0 aliphatic carbocycles. The van der Waals surface area contributed by atoms with Crippen LogP contribution in [0.3, 0.4) is 0 Å². The van der Waals surface area contributed by atoms with E-state index in [1.54, 1.807) is 0 Å². The molecule has 2 aliphatic rings. The van der Waals surface area contributed by atoms with Crippen LogP contribution in [0.1, 0.15) is 26.2 Å². The molecular formula is C12H23N3O. The maximum absolute atomic E-state index is 12.3. The Morgan fingerprint density at radius 1 is 1.31 bits per heavy atom. The summed E-state index contributed by atoms with van der Waals surface area (Å²) in [7, 11) is 2.09. The Labute approximate surface area is 97.8 Å². The van der Waals surface area contributed by atoms with Gasteiger partial charge in [-0.15, -0.1) is 0 Å². The van der Waals surface area contributed by atoms with Crippen molar-refractivity contribution in [1.82, 2.24) is 9.80 Å². The molecule has 3 unspecified atom stereocenters. The lowest BCUT2D eigenvalue weighted by Crippen LogP contribution is -2.50. The number of hydrogen-bond acceptors (Lipinski definition) is 3. The molecular weight excluding hydrogens is 202 g/mol. The zero-order valence-corrected chi connectivity index (χ0v) is 10.4. The van der Waals surface area contributed by atoms with Gasteiger partial charge in [0.15, 0.2) is 0 Å². The highest BCUT2D eigenvalue weighted by atomic mass is 16.2. The van der Waals surface area contributed by atoms with Gasteiger partial charge in [-0.05, 0) is 39.8 Å². The third kappa shape index (κ3) is 2.38. The van der Waals surface area contributed by atoms with Crippen molar-refractivity contribution in [2.24, 2.45) is 11.7 Å². The van der Waals surface area contributed by atoms with Crippen LogP contribution in [-0.4, -0.2) is 54.5 Å². The number of likely N-dealkylation sites (tertiary alicyclic amines) is 2. The van der Waals surface area contributed by atoms with Crippen LogP contribution in [0.15, 0.2) is 0 Å². The van der Waals surface area contributed by atoms with Crippen molar-refractivity contribution in [2.75, 3.05) is 26.7 Å². The molecule has 2 aliphatic heterocycles. The smallest absolute Gasteiger partial charge is 0.227 e. The predicted molar refractivity (Wildman–Crippen MR) is 64.0 cm³/mol. The number of hydrogen-bond donors (Lipinski definition) is 1. The number of nitrogens with zero attached hydrogens (tertiary/aromatic N) is 2. The van der Waals surface area contributed by atoms with Crippen LogP contribution in [0, 0.1) is 5.92 Å². The topological polar surface area (TPSA) is 49.6 Å². The van der Waals surface area contributed by atoms with Crippen molar-refractivity contribution < 1.29 is 4.79 Å². The van der Waals surface area contributed by atoms with E-state index in [1.807, 2.05) is 4.90 Å². The molecule has 0 bridgehead atoms. The average Bonchev–Trinajstić information content (AvgIpc) is 2.64. The van der Waals surface area contributed by atoms with Crippen LogP contribution < -0.4 is 5.73 Å². The first kappa shape index (κ1) is 11.9. The van der Waals surface area contributed by atoms with E-state index in [9.17, 15) is 4.79 Å². The fourth-order valence-electron chi connectivity index (χ4n) is 2.91. The second-order valence-electron chi connectivity index (χ2n) is 5.41. The third-order valence-corrected chi connectivity index (χ3v) is 3.94. The highest BCUT2D eigenvalue weighted by Crippen LogP contribution is 2.22. The van der Waals surface area contributed by atoms with Crippen molar-refractivity contribution in [2.45, 2.75) is 38.3 Å². The van der Waals surface area contributed by atoms with E-state index in [1.165, 1.54) is 0 Å². The Morgan fingerprint density at radius 3 is 2.62 bits per heavy atom. The first-order chi connectivity index (χ1) is 7.58. The van der Waals surface area contributed by atoms with Crippen molar-refractivity contribution in [3.63, 3.8) is 0 Å². The van der Waals surface area contributed by atoms with Crippen molar-refractivity contribution in [1.29, 1.82) is 0 Å². The second kappa shape index (κ2) is 4.72. The summed E-state index contributed by atoms with van der Waals surface area (Å²) in [6, 6.07) is 0.604. The normalized spacial score (nSPS) is 36.7. The molecule has 0 aromatic carbocycles. The molecule has 2 saturated heterocycles. The minimum absolute atomic E-state index is 0.224. The maximum atomic E-state index is 12.3. The van der Waals surface area contributed by atoms with Gasteiger partial charge in [0.1, 0.15) is 0 Å². The molecule has 3 atom stereocenters. The molecule has 0 saturated carbocycles. The van der Waals surface area contributed by atoms with Crippen molar-refractivity contribution in [3.05, 3.63) is 0 Å². The van der Waals surface area contributed by atoms with Crippen molar-refractivity contribution >= 4 is 5.91 Å². The minimum Gasteiger partial charge on any atom is -0.340 e. The summed E-state index contributed by atoms with van der Waals surface area (Å²) in [6.45, 7) is 4.95. The zero-order chi connectivity index (χ0) is 11.7. The fourth-order valence-corrected chi connectivity index (χ4v) is 2.91. The zero-order valence-electron chi connectivity index (χ0n) is 10.4. The Kier molecular flexibility index (Phi) is 3.50. The summed E-state index contributed by atoms with van der Waals surface area (Å²) >= 11 is 0. The molecule has 0 aromatic heterocycles. The monoisotopic (exact) mass is 225 g/mol. The Balaban J connectivity index is 1.94. The standard InChI is InChI=1S/C12H23N3O/c1-9-7-11(13)4-6-15(9)12(16)10-3-5-14(2)8-10/h9-11H,3-8,13H2,1-2H3. The lowest BCUT2D eigenvalue weighted by molar-refractivity contribution is -0.138. The van der Waals surface area contributed by atoms with Gasteiger partial charge in [-0.2, -0.15) is 0 Å². The summed E-state index contributed by atoms with van der Waals surface area (Å²) in [5.74, 6) is 0.575. The fraction of sp³-hybridized carbons (Fsp3) is 0.917. The van der Waals surface area contributed by atoms with Crippen LogP contribution in [-0.2, 0) is 4.79 Å². The van der Waals surface area contributed by atoms with E-state index in [4.69, 9.17) is 5.73 Å². The SMILES string of the molecule is CC1CC(N)CCN1C(=O)C1CCN(C)C1. The molecule has 92 valence electrons. The molecule has 2 heterocycles. The van der Waals surface area contributed by atoms with Crippen LogP contribution in [0.2, 0.25) is 0 Å². The van der Waals surface area contributed by atoms with E-state index in [0.717, 1.165) is 38.9 Å². The molecule has 4 heteroatoms. The van der Waals surface area contributed by atoms with Gasteiger partial charge in [-0.25, -0.2) is 0 Å². The van der Waals surface area contributed by atoms with E-state index >= 15 is 0 Å². The highest BCUT2D eigenvalue weighted by molar-refractivity contribution is 5.79. The van der Waals surface area contributed by atoms with Crippen LogP contribution in [0.5, 0.6) is 0 Å². The van der Waals surface area contributed by atoms with Gasteiger partial charge in [0.05, 0.1) is 5.92 Å².